The molecule has 0 fully saturated rings. The van der Waals surface area contributed by atoms with Crippen LogP contribution in [0.25, 0.3) is 0 Å². The van der Waals surface area contributed by atoms with Crippen LogP contribution in [0.1, 0.15) is 38.2 Å². The van der Waals surface area contributed by atoms with Crippen LogP contribution in [0.5, 0.6) is 0 Å². The van der Waals surface area contributed by atoms with Crippen molar-refractivity contribution in [3.63, 3.8) is 0 Å². The molecule has 1 rings (SSSR count). The third-order valence-corrected chi connectivity index (χ3v) is 3.82. The molecule has 0 saturated heterocycles. The Bertz CT molecular complexity index is 518. The topological polar surface area (TPSA) is 47.6 Å². The van der Waals surface area contributed by atoms with Crippen molar-refractivity contribution < 1.29 is 0 Å². The molecule has 0 N–H and O–H groups in total. The number of hydrogen-bond donors (Lipinski definition) is 0. The predicted octanol–water partition coefficient (Wildman–Crippen LogP) is 5.08. The fourth-order valence-electron chi connectivity index (χ4n) is 2.67. The molecule has 1 atom stereocenters. The van der Waals surface area contributed by atoms with Crippen LogP contribution in [0.3, 0.4) is 0 Å². The van der Waals surface area contributed by atoms with Gasteiger partial charge in [0, 0.05) is 10.9 Å². The van der Waals surface area contributed by atoms with Crippen molar-refractivity contribution in [3.05, 3.63) is 47.5 Å². The van der Waals surface area contributed by atoms with Gasteiger partial charge in [0.2, 0.25) is 0 Å². The number of nitriles is 2. The molecule has 0 saturated carbocycles. The van der Waals surface area contributed by atoms with Gasteiger partial charge in [-0.05, 0) is 36.5 Å². The lowest BCUT2D eigenvalue weighted by molar-refractivity contribution is 0.310. The Labute approximate surface area is 126 Å². The Kier molecular flexibility index (Phi) is 5.81. The van der Waals surface area contributed by atoms with Crippen LogP contribution in [0.15, 0.2) is 36.9 Å². The maximum Gasteiger partial charge on any atom is 0.151 e. The molecule has 2 nitrogen and oxygen atoms in total. The Morgan fingerprint density at radius 1 is 1.25 bits per heavy atom. The van der Waals surface area contributed by atoms with Gasteiger partial charge in [0.15, 0.2) is 5.41 Å². The molecule has 0 spiro atoms. The van der Waals surface area contributed by atoms with E-state index >= 15 is 0 Å². The zero-order valence-corrected chi connectivity index (χ0v) is 12.7. The first-order valence-corrected chi connectivity index (χ1v) is 7.07. The van der Waals surface area contributed by atoms with Crippen molar-refractivity contribution in [1.82, 2.24) is 0 Å². The van der Waals surface area contributed by atoms with Crippen molar-refractivity contribution in [2.45, 2.75) is 32.6 Å². The van der Waals surface area contributed by atoms with E-state index < -0.39 is 5.41 Å². The van der Waals surface area contributed by atoms with Gasteiger partial charge in [0.1, 0.15) is 0 Å². The van der Waals surface area contributed by atoms with Crippen LogP contribution >= 0.6 is 11.6 Å². The summed E-state index contributed by atoms with van der Waals surface area (Å²) in [5.74, 6) is 0.0370. The largest absolute Gasteiger partial charge is 0.197 e. The molecule has 0 aliphatic heterocycles. The highest BCUT2D eigenvalue weighted by atomic mass is 35.5. The Balaban J connectivity index is 3.29. The maximum absolute atomic E-state index is 9.61. The second kappa shape index (κ2) is 7.13. The molecular weight excluding hydrogens is 268 g/mol. The van der Waals surface area contributed by atoms with E-state index in [-0.39, 0.29) is 11.8 Å². The molecule has 104 valence electrons. The summed E-state index contributed by atoms with van der Waals surface area (Å²) >= 11 is 5.92. The van der Waals surface area contributed by atoms with Crippen molar-refractivity contribution in [3.8, 4) is 12.1 Å². The summed E-state index contributed by atoms with van der Waals surface area (Å²) in [4.78, 5) is 0. The Hall–Kier alpha value is -1.77. The van der Waals surface area contributed by atoms with Crippen molar-refractivity contribution >= 4 is 11.6 Å². The standard InChI is InChI=1S/C17H19ClN2/c1-4-5-10-17(11-19,12-20)16(13(2)3)14-6-8-15(18)9-7-14/h4,6-9,13,16H,1,5,10H2,2-3H3. The molecule has 1 aromatic carbocycles. The number of nitrogens with zero attached hydrogens (tertiary/aromatic N) is 2. The maximum atomic E-state index is 9.61. The van der Waals surface area contributed by atoms with Gasteiger partial charge in [-0.25, -0.2) is 0 Å². The van der Waals surface area contributed by atoms with E-state index in [4.69, 9.17) is 11.6 Å². The highest BCUT2D eigenvalue weighted by Crippen LogP contribution is 2.44. The summed E-state index contributed by atoms with van der Waals surface area (Å²) in [5, 5.41) is 19.9. The monoisotopic (exact) mass is 286 g/mol. The predicted molar refractivity (Wildman–Crippen MR) is 82.1 cm³/mol. The summed E-state index contributed by atoms with van der Waals surface area (Å²) in [7, 11) is 0. The molecule has 0 radical (unpaired) electrons. The van der Waals surface area contributed by atoms with Crippen molar-refractivity contribution in [2.24, 2.45) is 11.3 Å². The lowest BCUT2D eigenvalue weighted by atomic mass is 9.66. The van der Waals surface area contributed by atoms with E-state index in [2.05, 4.69) is 18.7 Å². The molecule has 1 unspecified atom stereocenters. The van der Waals surface area contributed by atoms with E-state index in [1.807, 2.05) is 26.0 Å². The summed E-state index contributed by atoms with van der Waals surface area (Å²) in [6, 6.07) is 11.9. The van der Waals surface area contributed by atoms with E-state index in [1.165, 1.54) is 0 Å². The number of hydrogen-bond acceptors (Lipinski definition) is 2. The SMILES string of the molecule is C=CCCC(C#N)(C#N)C(c1ccc(Cl)cc1)C(C)C. The summed E-state index contributed by atoms with van der Waals surface area (Å²) in [5.41, 5.74) is -0.0486. The molecule has 1 aromatic rings. The van der Waals surface area contributed by atoms with E-state index in [1.54, 1.807) is 18.2 Å². The zero-order chi connectivity index (χ0) is 15.2. The minimum Gasteiger partial charge on any atom is -0.197 e. The van der Waals surface area contributed by atoms with Gasteiger partial charge >= 0.3 is 0 Å². The van der Waals surface area contributed by atoms with Gasteiger partial charge in [0.25, 0.3) is 0 Å². The smallest absolute Gasteiger partial charge is 0.151 e. The Morgan fingerprint density at radius 3 is 2.20 bits per heavy atom. The van der Waals surface area contributed by atoms with Crippen LogP contribution in [0.2, 0.25) is 5.02 Å². The quantitative estimate of drug-likeness (QED) is 0.685. The first-order valence-electron chi connectivity index (χ1n) is 6.69. The van der Waals surface area contributed by atoms with Crippen LogP contribution in [0.4, 0.5) is 0 Å². The van der Waals surface area contributed by atoms with E-state index in [0.717, 1.165) is 5.56 Å². The number of halogens is 1. The highest BCUT2D eigenvalue weighted by Gasteiger charge is 2.41. The van der Waals surface area contributed by atoms with Gasteiger partial charge in [-0.1, -0.05) is 43.7 Å². The van der Waals surface area contributed by atoms with Crippen LogP contribution in [-0.2, 0) is 0 Å². The molecule has 0 heterocycles. The van der Waals surface area contributed by atoms with Crippen molar-refractivity contribution in [2.75, 3.05) is 0 Å². The third kappa shape index (κ3) is 3.41. The fraction of sp³-hybridized carbons (Fsp3) is 0.412. The van der Waals surface area contributed by atoms with Gasteiger partial charge < -0.3 is 0 Å². The average Bonchev–Trinajstić information content (AvgIpc) is 2.45. The molecule has 0 aromatic heterocycles. The molecule has 0 aliphatic rings. The lowest BCUT2D eigenvalue weighted by Crippen LogP contribution is -2.29. The molecule has 20 heavy (non-hydrogen) atoms. The number of rotatable bonds is 6. The summed E-state index contributed by atoms with van der Waals surface area (Å²) < 4.78 is 0. The third-order valence-electron chi connectivity index (χ3n) is 3.57. The number of benzene rings is 1. The summed E-state index contributed by atoms with van der Waals surface area (Å²) in [6.45, 7) is 7.76. The van der Waals surface area contributed by atoms with Gasteiger partial charge in [-0.15, -0.1) is 6.58 Å². The molecule has 0 amide bonds. The first-order chi connectivity index (χ1) is 9.50. The van der Waals surface area contributed by atoms with Crippen LogP contribution < -0.4 is 0 Å². The summed E-state index contributed by atoms with van der Waals surface area (Å²) in [6.07, 6.45) is 2.90. The van der Waals surface area contributed by atoms with Gasteiger partial charge in [0.05, 0.1) is 12.1 Å². The molecular formula is C17H19ClN2. The van der Waals surface area contributed by atoms with Crippen molar-refractivity contribution in [1.29, 1.82) is 10.5 Å². The van der Waals surface area contributed by atoms with Gasteiger partial charge in [-0.2, -0.15) is 10.5 Å². The minimum absolute atomic E-state index is 0.144. The van der Waals surface area contributed by atoms with Crippen LogP contribution in [0, 0.1) is 34.0 Å². The van der Waals surface area contributed by atoms with E-state index in [0.29, 0.717) is 17.9 Å². The lowest BCUT2D eigenvalue weighted by Gasteiger charge is -2.32. The number of allylic oxidation sites excluding steroid dienone is 1. The van der Waals surface area contributed by atoms with E-state index in [9.17, 15) is 10.5 Å². The normalized spacial score (nSPS) is 12.5. The molecule has 0 bridgehead atoms. The van der Waals surface area contributed by atoms with Gasteiger partial charge in [-0.3, -0.25) is 0 Å². The average molecular weight is 287 g/mol. The second-order valence-electron chi connectivity index (χ2n) is 5.30. The highest BCUT2D eigenvalue weighted by molar-refractivity contribution is 6.30. The van der Waals surface area contributed by atoms with Crippen LogP contribution in [-0.4, -0.2) is 0 Å². The first kappa shape index (κ1) is 16.3. The Morgan fingerprint density at radius 2 is 1.80 bits per heavy atom. The minimum atomic E-state index is -1.03. The fourth-order valence-corrected chi connectivity index (χ4v) is 2.80. The second-order valence-corrected chi connectivity index (χ2v) is 5.73. The molecule has 0 aliphatic carbocycles. The molecule has 3 heteroatoms. The zero-order valence-electron chi connectivity index (χ0n) is 11.9.